The molecule has 2 atom stereocenters. The van der Waals surface area contributed by atoms with E-state index in [2.05, 4.69) is 13.8 Å². The third kappa shape index (κ3) is 4.55. The van der Waals surface area contributed by atoms with Crippen LogP contribution in [0.3, 0.4) is 0 Å². The molecule has 5 nitrogen and oxygen atoms in total. The number of carbonyl (C=O) groups excluding carboxylic acids is 1. The summed E-state index contributed by atoms with van der Waals surface area (Å²) >= 11 is 0. The van der Waals surface area contributed by atoms with Crippen molar-refractivity contribution >= 4 is 12.4 Å². The van der Waals surface area contributed by atoms with Crippen molar-refractivity contribution in [3.63, 3.8) is 0 Å². The molecule has 0 saturated heterocycles. The number of hydrogen-bond acceptors (Lipinski definition) is 3. The van der Waals surface area contributed by atoms with E-state index in [1.165, 1.54) is 0 Å². The first-order chi connectivity index (χ1) is 10.9. The lowest BCUT2D eigenvalue weighted by atomic mass is 9.66. The molecule has 1 aliphatic rings. The van der Waals surface area contributed by atoms with E-state index in [4.69, 9.17) is 4.84 Å². The Bertz CT molecular complexity index is 521. The van der Waals surface area contributed by atoms with E-state index in [0.717, 1.165) is 17.0 Å². The maximum absolute atomic E-state index is 11.9. The predicted molar refractivity (Wildman–Crippen MR) is 86.2 cm³/mol. The molecule has 0 radical (unpaired) electrons. The van der Waals surface area contributed by atoms with Crippen LogP contribution in [0.25, 0.3) is 0 Å². The monoisotopic (exact) mass is 319 g/mol. The summed E-state index contributed by atoms with van der Waals surface area (Å²) in [5, 5.41) is 10.9. The lowest BCUT2D eigenvalue weighted by Gasteiger charge is -2.41. The van der Waals surface area contributed by atoms with Gasteiger partial charge >= 0.3 is 5.97 Å². The minimum Gasteiger partial charge on any atom is -0.481 e. The molecule has 1 amide bonds. The van der Waals surface area contributed by atoms with E-state index < -0.39 is 11.4 Å². The number of amides is 1. The Kier molecular flexibility index (Phi) is 5.77. The molecule has 23 heavy (non-hydrogen) atoms. The van der Waals surface area contributed by atoms with Gasteiger partial charge in [-0.15, -0.1) is 0 Å². The van der Waals surface area contributed by atoms with Gasteiger partial charge in [0.2, 0.25) is 6.41 Å². The molecule has 1 aromatic rings. The van der Waals surface area contributed by atoms with Gasteiger partial charge in [-0.3, -0.25) is 14.4 Å². The number of carboxylic acids is 1. The van der Waals surface area contributed by atoms with Crippen LogP contribution in [-0.4, -0.2) is 29.1 Å². The van der Waals surface area contributed by atoms with Crippen LogP contribution in [-0.2, 0) is 21.0 Å². The van der Waals surface area contributed by atoms with E-state index in [0.29, 0.717) is 31.1 Å². The molecule has 0 heterocycles. The Morgan fingerprint density at radius 1 is 1.30 bits per heavy atom. The Morgan fingerprint density at radius 2 is 1.91 bits per heavy atom. The molecule has 1 N–H and O–H groups in total. The number of benzene rings is 1. The van der Waals surface area contributed by atoms with Gasteiger partial charge in [-0.25, -0.2) is 5.06 Å². The summed E-state index contributed by atoms with van der Waals surface area (Å²) in [6, 6.07) is 9.51. The van der Waals surface area contributed by atoms with Crippen LogP contribution in [0.1, 0.15) is 38.7 Å². The highest BCUT2D eigenvalue weighted by Gasteiger charge is 2.45. The number of carboxylic acid groups (broad SMARTS) is 1. The molecule has 0 spiro atoms. The molecule has 1 aromatic carbocycles. The lowest BCUT2D eigenvalue weighted by molar-refractivity contribution is -0.196. The van der Waals surface area contributed by atoms with Crippen molar-refractivity contribution in [3.05, 3.63) is 35.9 Å². The van der Waals surface area contributed by atoms with Gasteiger partial charge in [-0.1, -0.05) is 44.2 Å². The van der Waals surface area contributed by atoms with E-state index in [1.54, 1.807) is 0 Å². The molecule has 2 rings (SSSR count). The van der Waals surface area contributed by atoms with E-state index in [9.17, 15) is 14.7 Å². The number of nitrogens with zero attached hydrogens (tertiary/aromatic N) is 1. The number of rotatable bonds is 7. The Morgan fingerprint density at radius 3 is 2.43 bits per heavy atom. The second kappa shape index (κ2) is 7.59. The Hall–Kier alpha value is -1.88. The number of hydroxylamine groups is 2. The van der Waals surface area contributed by atoms with Crippen molar-refractivity contribution in [1.29, 1.82) is 0 Å². The van der Waals surface area contributed by atoms with Crippen LogP contribution >= 0.6 is 0 Å². The Balaban J connectivity index is 2.04. The number of hydrogen-bond donors (Lipinski definition) is 1. The van der Waals surface area contributed by atoms with Gasteiger partial charge < -0.3 is 5.11 Å². The van der Waals surface area contributed by atoms with E-state index in [-0.39, 0.29) is 13.2 Å². The molecule has 0 aliphatic heterocycles. The minimum atomic E-state index is -0.922. The first-order valence-corrected chi connectivity index (χ1v) is 8.07. The van der Waals surface area contributed by atoms with Gasteiger partial charge in [0.15, 0.2) is 0 Å². The maximum Gasteiger partial charge on any atom is 0.311 e. The largest absolute Gasteiger partial charge is 0.481 e. The zero-order valence-corrected chi connectivity index (χ0v) is 13.8. The molecule has 1 fully saturated rings. The van der Waals surface area contributed by atoms with E-state index in [1.807, 2.05) is 30.3 Å². The van der Waals surface area contributed by atoms with Gasteiger partial charge in [0.1, 0.15) is 6.61 Å². The summed E-state index contributed by atoms with van der Waals surface area (Å²) in [5.41, 5.74) is 0.0170. The molecular weight excluding hydrogens is 294 g/mol. The van der Waals surface area contributed by atoms with Gasteiger partial charge in [-0.05, 0) is 36.7 Å². The van der Waals surface area contributed by atoms with E-state index >= 15 is 0 Å². The third-order valence-electron chi connectivity index (χ3n) is 4.55. The van der Waals surface area contributed by atoms with Crippen molar-refractivity contribution in [3.8, 4) is 0 Å². The molecule has 0 bridgehead atoms. The second-order valence-corrected chi connectivity index (χ2v) is 6.88. The molecule has 126 valence electrons. The lowest BCUT2D eigenvalue weighted by Crippen LogP contribution is -2.47. The highest BCUT2D eigenvalue weighted by Crippen LogP contribution is 2.43. The molecule has 0 aromatic heterocycles. The first kappa shape index (κ1) is 17.5. The summed E-state index contributed by atoms with van der Waals surface area (Å²) < 4.78 is 0. The van der Waals surface area contributed by atoms with Crippen LogP contribution in [0.15, 0.2) is 30.3 Å². The standard InChI is InChI=1S/C18H25NO4/c1-14-8-15(2)10-18(9-14,17(21)22)12-19(13-20)23-11-16-6-4-3-5-7-16/h3-7,13-15H,8-12H2,1-2H3,(H,21,22). The fraction of sp³-hybridized carbons (Fsp3) is 0.556. The summed E-state index contributed by atoms with van der Waals surface area (Å²) in [6.07, 6.45) is 2.76. The summed E-state index contributed by atoms with van der Waals surface area (Å²) in [5.74, 6) is -0.180. The van der Waals surface area contributed by atoms with Crippen molar-refractivity contribution in [2.24, 2.45) is 17.3 Å². The highest BCUT2D eigenvalue weighted by molar-refractivity contribution is 5.75. The SMILES string of the molecule is CC1CC(C)CC(CN(C=O)OCc2ccccc2)(C(=O)O)C1. The fourth-order valence-corrected chi connectivity index (χ4v) is 3.79. The van der Waals surface area contributed by atoms with Crippen LogP contribution in [0.4, 0.5) is 0 Å². The van der Waals surface area contributed by atoms with Crippen molar-refractivity contribution in [2.45, 2.75) is 39.7 Å². The smallest absolute Gasteiger partial charge is 0.311 e. The molecule has 2 unspecified atom stereocenters. The van der Waals surface area contributed by atoms with Gasteiger partial charge in [0.25, 0.3) is 0 Å². The Labute approximate surface area is 137 Å². The zero-order valence-electron chi connectivity index (χ0n) is 13.8. The van der Waals surface area contributed by atoms with Crippen molar-refractivity contribution in [2.75, 3.05) is 6.54 Å². The minimum absolute atomic E-state index is 0.0906. The molecule has 1 aliphatic carbocycles. The third-order valence-corrected chi connectivity index (χ3v) is 4.55. The van der Waals surface area contributed by atoms with Crippen LogP contribution in [0, 0.1) is 17.3 Å². The quantitative estimate of drug-likeness (QED) is 0.619. The topological polar surface area (TPSA) is 66.8 Å². The average molecular weight is 319 g/mol. The maximum atomic E-state index is 11.9. The average Bonchev–Trinajstić information content (AvgIpc) is 2.51. The number of aliphatic carboxylic acids is 1. The van der Waals surface area contributed by atoms with Crippen LogP contribution in [0.5, 0.6) is 0 Å². The van der Waals surface area contributed by atoms with Gasteiger partial charge in [-0.2, -0.15) is 0 Å². The first-order valence-electron chi connectivity index (χ1n) is 8.07. The summed E-state index contributed by atoms with van der Waals surface area (Å²) in [7, 11) is 0. The second-order valence-electron chi connectivity index (χ2n) is 6.88. The molecular formula is C18H25NO4. The number of carbonyl (C=O) groups is 2. The van der Waals surface area contributed by atoms with Crippen LogP contribution < -0.4 is 0 Å². The van der Waals surface area contributed by atoms with Crippen molar-refractivity contribution in [1.82, 2.24) is 5.06 Å². The molecule has 1 saturated carbocycles. The van der Waals surface area contributed by atoms with Gasteiger partial charge in [0, 0.05) is 0 Å². The van der Waals surface area contributed by atoms with Crippen molar-refractivity contribution < 1.29 is 19.5 Å². The predicted octanol–water partition coefficient (Wildman–Crippen LogP) is 3.10. The van der Waals surface area contributed by atoms with Crippen LogP contribution in [0.2, 0.25) is 0 Å². The van der Waals surface area contributed by atoms with Gasteiger partial charge in [0.05, 0.1) is 12.0 Å². The highest BCUT2D eigenvalue weighted by atomic mass is 16.7. The normalized spacial score (nSPS) is 27.4. The summed E-state index contributed by atoms with van der Waals surface area (Å²) in [6.45, 7) is 4.49. The fourth-order valence-electron chi connectivity index (χ4n) is 3.79. The molecule has 5 heteroatoms. The summed E-state index contributed by atoms with van der Waals surface area (Å²) in [4.78, 5) is 28.8. The zero-order chi connectivity index (χ0) is 16.9.